The summed E-state index contributed by atoms with van der Waals surface area (Å²) in [5, 5.41) is 27.3. The van der Waals surface area contributed by atoms with E-state index in [0.717, 1.165) is 0 Å². The molecule has 0 amide bonds. The Labute approximate surface area is 134 Å². The van der Waals surface area contributed by atoms with Crippen molar-refractivity contribution in [2.75, 3.05) is 0 Å². The van der Waals surface area contributed by atoms with Gasteiger partial charge in [0.05, 0.1) is 23.8 Å². The zero-order valence-corrected chi connectivity index (χ0v) is 12.3. The fourth-order valence-corrected chi connectivity index (χ4v) is 2.38. The van der Waals surface area contributed by atoms with Crippen molar-refractivity contribution in [2.24, 2.45) is 5.92 Å². The van der Waals surface area contributed by atoms with Crippen molar-refractivity contribution in [1.82, 2.24) is 0 Å². The summed E-state index contributed by atoms with van der Waals surface area (Å²) < 4.78 is 0. The molecule has 0 radical (unpaired) electrons. The van der Waals surface area contributed by atoms with Gasteiger partial charge in [-0.05, 0) is 17.7 Å². The molecule has 4 heteroatoms. The van der Waals surface area contributed by atoms with Crippen LogP contribution in [0.1, 0.15) is 33.8 Å². The van der Waals surface area contributed by atoms with E-state index in [2.05, 4.69) is 0 Å². The van der Waals surface area contributed by atoms with E-state index in [9.17, 15) is 15.3 Å². The molecule has 0 saturated carbocycles. The first kappa shape index (κ1) is 16.0. The molecule has 110 valence electrons. The Morgan fingerprint density at radius 1 is 0.913 bits per heavy atom. The molecular formula is C19H13N3O. The third-order valence-corrected chi connectivity index (χ3v) is 3.65. The molecular weight excluding hydrogens is 286 g/mol. The molecule has 4 nitrogen and oxygen atoms in total. The lowest BCUT2D eigenvalue weighted by atomic mass is 9.82. The van der Waals surface area contributed by atoms with Crippen molar-refractivity contribution in [3.05, 3.63) is 71.3 Å². The van der Waals surface area contributed by atoms with Crippen LogP contribution >= 0.6 is 0 Å². The van der Waals surface area contributed by atoms with Gasteiger partial charge >= 0.3 is 0 Å². The Morgan fingerprint density at radius 2 is 1.52 bits per heavy atom. The van der Waals surface area contributed by atoms with E-state index in [1.807, 2.05) is 24.3 Å². The normalized spacial score (nSPS) is 11.0. The molecule has 2 aromatic rings. The highest BCUT2D eigenvalue weighted by Crippen LogP contribution is 2.29. The average Bonchev–Trinajstić information content (AvgIpc) is 2.62. The monoisotopic (exact) mass is 299 g/mol. The maximum absolute atomic E-state index is 12.4. The van der Waals surface area contributed by atoms with Crippen molar-refractivity contribution in [1.29, 1.82) is 15.8 Å². The summed E-state index contributed by atoms with van der Waals surface area (Å²) in [5.41, 5.74) is 1.76. The van der Waals surface area contributed by atoms with Crippen molar-refractivity contribution in [3.63, 3.8) is 0 Å². The van der Waals surface area contributed by atoms with Crippen molar-refractivity contribution >= 4 is 5.78 Å². The number of carbonyl (C=O) groups is 1. The Balaban J connectivity index is 2.31. The smallest absolute Gasteiger partial charge is 0.163 e. The number of hydrogen-bond acceptors (Lipinski definition) is 4. The predicted octanol–water partition coefficient (Wildman–Crippen LogP) is 3.58. The standard InChI is InChI=1S/C19H13N3O/c20-11-14-6-8-15(9-7-14)18(17(12-21)13-22)10-19(23)16-4-2-1-3-5-16/h1-9,17-18H,10H2. The lowest BCUT2D eigenvalue weighted by Crippen LogP contribution is -2.15. The Hall–Kier alpha value is -3.42. The van der Waals surface area contributed by atoms with Gasteiger partial charge in [-0.25, -0.2) is 0 Å². The highest BCUT2D eigenvalue weighted by molar-refractivity contribution is 5.96. The van der Waals surface area contributed by atoms with Gasteiger partial charge in [-0.1, -0.05) is 42.5 Å². The van der Waals surface area contributed by atoms with Crippen LogP contribution in [0, 0.1) is 39.9 Å². The summed E-state index contributed by atoms with van der Waals surface area (Å²) in [7, 11) is 0. The van der Waals surface area contributed by atoms with Crippen LogP contribution in [0.15, 0.2) is 54.6 Å². The van der Waals surface area contributed by atoms with Gasteiger partial charge in [0.2, 0.25) is 0 Å². The number of rotatable bonds is 5. The van der Waals surface area contributed by atoms with E-state index in [4.69, 9.17) is 5.26 Å². The molecule has 0 aliphatic carbocycles. The van der Waals surface area contributed by atoms with Crippen molar-refractivity contribution < 1.29 is 4.79 Å². The van der Waals surface area contributed by atoms with E-state index in [1.54, 1.807) is 48.5 Å². The van der Waals surface area contributed by atoms with Crippen LogP contribution < -0.4 is 0 Å². The molecule has 1 unspecified atom stereocenters. The molecule has 0 aliphatic heterocycles. The van der Waals surface area contributed by atoms with Crippen LogP contribution in [0.25, 0.3) is 0 Å². The van der Waals surface area contributed by atoms with E-state index < -0.39 is 11.8 Å². The maximum atomic E-state index is 12.4. The molecule has 0 fully saturated rings. The summed E-state index contributed by atoms with van der Waals surface area (Å²) in [6, 6.07) is 21.4. The first-order valence-corrected chi connectivity index (χ1v) is 7.07. The minimum atomic E-state index is -0.921. The maximum Gasteiger partial charge on any atom is 0.163 e. The fraction of sp³-hybridized carbons (Fsp3) is 0.158. The Bertz CT molecular complexity index is 791. The lowest BCUT2D eigenvalue weighted by molar-refractivity contribution is 0.0971. The third-order valence-electron chi connectivity index (χ3n) is 3.65. The summed E-state index contributed by atoms with van der Waals surface area (Å²) in [5.74, 6) is -1.56. The highest BCUT2D eigenvalue weighted by atomic mass is 16.1. The van der Waals surface area contributed by atoms with E-state index >= 15 is 0 Å². The van der Waals surface area contributed by atoms with Crippen LogP contribution in [0.4, 0.5) is 0 Å². The number of ketones is 1. The first-order valence-electron chi connectivity index (χ1n) is 7.07. The SMILES string of the molecule is N#Cc1ccc(C(CC(=O)c2ccccc2)C(C#N)C#N)cc1. The van der Waals surface area contributed by atoms with E-state index in [0.29, 0.717) is 16.7 Å². The average molecular weight is 299 g/mol. The predicted molar refractivity (Wildman–Crippen MR) is 84.0 cm³/mol. The number of hydrogen-bond donors (Lipinski definition) is 0. The number of carbonyl (C=O) groups excluding carboxylic acids is 1. The molecule has 0 aromatic heterocycles. The van der Waals surface area contributed by atoms with Crippen molar-refractivity contribution in [3.8, 4) is 18.2 Å². The van der Waals surface area contributed by atoms with E-state index in [1.165, 1.54) is 0 Å². The number of nitriles is 3. The van der Waals surface area contributed by atoms with Crippen LogP contribution in [0.2, 0.25) is 0 Å². The quantitative estimate of drug-likeness (QED) is 0.789. The fourth-order valence-electron chi connectivity index (χ4n) is 2.38. The summed E-state index contributed by atoms with van der Waals surface area (Å²) in [6.45, 7) is 0. The Morgan fingerprint density at radius 3 is 2.04 bits per heavy atom. The molecule has 0 heterocycles. The highest BCUT2D eigenvalue weighted by Gasteiger charge is 2.26. The zero-order chi connectivity index (χ0) is 16.7. The van der Waals surface area contributed by atoms with Gasteiger partial charge in [0.1, 0.15) is 5.92 Å². The van der Waals surface area contributed by atoms with E-state index in [-0.39, 0.29) is 12.2 Å². The minimum Gasteiger partial charge on any atom is -0.294 e. The second-order valence-electron chi connectivity index (χ2n) is 5.07. The van der Waals surface area contributed by atoms with Gasteiger partial charge in [0, 0.05) is 17.9 Å². The molecule has 0 aliphatic rings. The first-order chi connectivity index (χ1) is 11.2. The largest absolute Gasteiger partial charge is 0.294 e. The second kappa shape index (κ2) is 7.55. The van der Waals surface area contributed by atoms with Gasteiger partial charge in [0.15, 0.2) is 5.78 Å². The molecule has 2 aromatic carbocycles. The van der Waals surface area contributed by atoms with Crippen LogP contribution in [-0.4, -0.2) is 5.78 Å². The van der Waals surface area contributed by atoms with Gasteiger partial charge < -0.3 is 0 Å². The third kappa shape index (κ3) is 3.82. The van der Waals surface area contributed by atoms with Gasteiger partial charge in [-0.2, -0.15) is 15.8 Å². The summed E-state index contributed by atoms with van der Waals surface area (Å²) >= 11 is 0. The van der Waals surface area contributed by atoms with Gasteiger partial charge in [0.25, 0.3) is 0 Å². The zero-order valence-electron chi connectivity index (χ0n) is 12.3. The van der Waals surface area contributed by atoms with Gasteiger partial charge in [-0.15, -0.1) is 0 Å². The van der Waals surface area contributed by atoms with Gasteiger partial charge in [-0.3, -0.25) is 4.79 Å². The Kier molecular flexibility index (Phi) is 5.24. The summed E-state index contributed by atoms with van der Waals surface area (Å²) in [6.07, 6.45) is 0.0711. The van der Waals surface area contributed by atoms with Crippen LogP contribution in [0.3, 0.4) is 0 Å². The van der Waals surface area contributed by atoms with Crippen LogP contribution in [0.5, 0.6) is 0 Å². The number of Topliss-reactive ketones (excluding diaryl/α,β-unsaturated/α-hetero) is 1. The molecule has 1 atom stereocenters. The molecule has 0 spiro atoms. The molecule has 2 rings (SSSR count). The molecule has 0 N–H and O–H groups in total. The lowest BCUT2D eigenvalue weighted by Gasteiger charge is -2.17. The number of nitrogens with zero attached hydrogens (tertiary/aromatic N) is 3. The molecule has 23 heavy (non-hydrogen) atoms. The van der Waals surface area contributed by atoms with Crippen molar-refractivity contribution in [2.45, 2.75) is 12.3 Å². The minimum absolute atomic E-state index is 0.0711. The summed E-state index contributed by atoms with van der Waals surface area (Å²) in [4.78, 5) is 12.4. The molecule has 0 bridgehead atoms. The topological polar surface area (TPSA) is 88.4 Å². The number of benzene rings is 2. The second-order valence-corrected chi connectivity index (χ2v) is 5.07. The van der Waals surface area contributed by atoms with Crippen LogP contribution in [-0.2, 0) is 0 Å². The molecule has 0 saturated heterocycles.